The number of aliphatic hydroxyl groups excluding tert-OH is 1. The van der Waals surface area contributed by atoms with Gasteiger partial charge in [-0.15, -0.1) is 0 Å². The van der Waals surface area contributed by atoms with Gasteiger partial charge in [-0.25, -0.2) is 0 Å². The van der Waals surface area contributed by atoms with Gasteiger partial charge in [0.25, 0.3) is 0 Å². The van der Waals surface area contributed by atoms with Crippen molar-refractivity contribution >= 4 is 17.2 Å². The van der Waals surface area contributed by atoms with Crippen LogP contribution in [0, 0.1) is 0 Å². The minimum Gasteiger partial charge on any atom is -0.389 e. The van der Waals surface area contributed by atoms with E-state index in [0.29, 0.717) is 11.5 Å². The molecular weight excluding hydrogens is 258 g/mol. The summed E-state index contributed by atoms with van der Waals surface area (Å²) in [7, 11) is 6.09. The molecule has 1 aromatic carbocycles. The Morgan fingerprint density at radius 1 is 1.21 bits per heavy atom. The summed E-state index contributed by atoms with van der Waals surface area (Å²) >= 11 is 4.90. The lowest BCUT2D eigenvalue weighted by Crippen LogP contribution is -2.31. The molecule has 5 heteroatoms. The minimum absolute atomic E-state index is 0.379. The molecule has 19 heavy (non-hydrogen) atoms. The predicted octanol–water partition coefficient (Wildman–Crippen LogP) is 0.848. The van der Waals surface area contributed by atoms with E-state index in [-0.39, 0.29) is 0 Å². The number of nitrogens with two attached hydrogens (primary N) is 1. The Morgan fingerprint density at radius 2 is 1.79 bits per heavy atom. The van der Waals surface area contributed by atoms with Crippen molar-refractivity contribution in [3.05, 3.63) is 35.4 Å². The fourth-order valence-corrected chi connectivity index (χ4v) is 1.87. The molecule has 0 aliphatic rings. The zero-order chi connectivity index (χ0) is 14.4. The first-order chi connectivity index (χ1) is 8.90. The van der Waals surface area contributed by atoms with Gasteiger partial charge in [-0.1, -0.05) is 36.5 Å². The number of aliphatic hydroxyl groups is 1. The second-order valence-corrected chi connectivity index (χ2v) is 5.51. The monoisotopic (exact) mass is 281 g/mol. The maximum Gasteiger partial charge on any atom is 0.103 e. The Labute approximate surface area is 120 Å². The molecule has 0 saturated carbocycles. The molecule has 3 N–H and O–H groups in total. The summed E-state index contributed by atoms with van der Waals surface area (Å²) < 4.78 is 0. The molecule has 0 aliphatic heterocycles. The highest BCUT2D eigenvalue weighted by Gasteiger charge is 2.11. The first-order valence-electron chi connectivity index (χ1n) is 6.31. The van der Waals surface area contributed by atoms with Crippen LogP contribution in [-0.4, -0.2) is 60.7 Å². The zero-order valence-electron chi connectivity index (χ0n) is 11.8. The van der Waals surface area contributed by atoms with Crippen molar-refractivity contribution in [3.63, 3.8) is 0 Å². The van der Waals surface area contributed by atoms with Crippen LogP contribution >= 0.6 is 12.2 Å². The Kier molecular flexibility index (Phi) is 6.37. The van der Waals surface area contributed by atoms with Crippen molar-refractivity contribution in [2.24, 2.45) is 5.73 Å². The van der Waals surface area contributed by atoms with Gasteiger partial charge < -0.3 is 20.6 Å². The number of thiocarbonyl (C=S) groups is 1. The van der Waals surface area contributed by atoms with Crippen LogP contribution in [0.1, 0.15) is 17.2 Å². The van der Waals surface area contributed by atoms with Crippen molar-refractivity contribution in [3.8, 4) is 0 Å². The molecular formula is C14H23N3OS. The van der Waals surface area contributed by atoms with Gasteiger partial charge in [-0.05, 0) is 26.7 Å². The smallest absolute Gasteiger partial charge is 0.103 e. The van der Waals surface area contributed by atoms with E-state index in [9.17, 15) is 5.11 Å². The summed E-state index contributed by atoms with van der Waals surface area (Å²) in [6, 6.07) is 7.44. The van der Waals surface area contributed by atoms with E-state index in [1.807, 2.05) is 45.4 Å². The van der Waals surface area contributed by atoms with Gasteiger partial charge in [0.2, 0.25) is 0 Å². The molecule has 1 rings (SSSR count). The van der Waals surface area contributed by atoms with Crippen molar-refractivity contribution in [2.45, 2.75) is 6.10 Å². The quantitative estimate of drug-likeness (QED) is 0.726. The van der Waals surface area contributed by atoms with Crippen LogP contribution in [0.5, 0.6) is 0 Å². The van der Waals surface area contributed by atoms with Crippen LogP contribution in [-0.2, 0) is 0 Å². The lowest BCUT2D eigenvalue weighted by atomic mass is 10.1. The SMILES string of the molecule is CN(C)CCN(C)CC(O)c1ccc(C(N)=S)cc1. The number of rotatable bonds is 7. The number of hydrogen-bond donors (Lipinski definition) is 2. The summed E-state index contributed by atoms with van der Waals surface area (Å²) in [5.41, 5.74) is 7.26. The minimum atomic E-state index is -0.493. The van der Waals surface area contributed by atoms with Gasteiger partial charge in [0.15, 0.2) is 0 Å². The molecule has 1 atom stereocenters. The van der Waals surface area contributed by atoms with Gasteiger partial charge in [-0.3, -0.25) is 0 Å². The standard InChI is InChI=1S/C14H23N3OS/c1-16(2)8-9-17(3)10-13(18)11-4-6-12(7-5-11)14(15)19/h4-7,13,18H,8-10H2,1-3H3,(H2,15,19). The third-order valence-electron chi connectivity index (χ3n) is 2.99. The van der Waals surface area contributed by atoms with Crippen molar-refractivity contribution in [2.75, 3.05) is 40.8 Å². The molecule has 0 amide bonds. The average Bonchev–Trinajstić information content (AvgIpc) is 2.36. The fourth-order valence-electron chi connectivity index (χ4n) is 1.73. The number of benzene rings is 1. The van der Waals surface area contributed by atoms with E-state index in [4.69, 9.17) is 18.0 Å². The van der Waals surface area contributed by atoms with Gasteiger partial charge in [-0.2, -0.15) is 0 Å². The summed E-state index contributed by atoms with van der Waals surface area (Å²) in [5, 5.41) is 10.2. The predicted molar refractivity (Wildman–Crippen MR) is 83.3 cm³/mol. The molecule has 0 heterocycles. The maximum absolute atomic E-state index is 10.2. The van der Waals surface area contributed by atoms with E-state index in [1.54, 1.807) is 0 Å². The van der Waals surface area contributed by atoms with Crippen LogP contribution in [0.15, 0.2) is 24.3 Å². The van der Waals surface area contributed by atoms with Crippen molar-refractivity contribution in [1.29, 1.82) is 0 Å². The highest BCUT2D eigenvalue weighted by molar-refractivity contribution is 7.80. The molecule has 0 fully saturated rings. The Morgan fingerprint density at radius 3 is 2.26 bits per heavy atom. The number of nitrogens with zero attached hydrogens (tertiary/aromatic N) is 2. The van der Waals surface area contributed by atoms with Crippen LogP contribution in [0.4, 0.5) is 0 Å². The van der Waals surface area contributed by atoms with Crippen LogP contribution in [0.25, 0.3) is 0 Å². The lowest BCUT2D eigenvalue weighted by molar-refractivity contribution is 0.123. The van der Waals surface area contributed by atoms with Crippen molar-refractivity contribution < 1.29 is 5.11 Å². The topological polar surface area (TPSA) is 52.7 Å². The van der Waals surface area contributed by atoms with Crippen LogP contribution in [0.2, 0.25) is 0 Å². The molecule has 0 saturated heterocycles. The summed E-state index contributed by atoms with van der Waals surface area (Å²) in [4.78, 5) is 4.62. The second kappa shape index (κ2) is 7.55. The molecule has 1 aromatic rings. The average molecular weight is 281 g/mol. The fraction of sp³-hybridized carbons (Fsp3) is 0.500. The van der Waals surface area contributed by atoms with Gasteiger partial charge in [0.1, 0.15) is 4.99 Å². The Bertz CT molecular complexity index is 406. The van der Waals surface area contributed by atoms with Crippen molar-refractivity contribution in [1.82, 2.24) is 9.80 Å². The highest BCUT2D eigenvalue weighted by atomic mass is 32.1. The Balaban J connectivity index is 2.52. The van der Waals surface area contributed by atoms with Gasteiger partial charge in [0.05, 0.1) is 6.10 Å². The van der Waals surface area contributed by atoms with Gasteiger partial charge in [0, 0.05) is 25.2 Å². The first-order valence-corrected chi connectivity index (χ1v) is 6.72. The molecule has 1 unspecified atom stereocenters. The van der Waals surface area contributed by atoms with E-state index in [2.05, 4.69) is 9.80 Å². The molecule has 0 spiro atoms. The second-order valence-electron chi connectivity index (χ2n) is 5.07. The van der Waals surface area contributed by atoms with E-state index < -0.39 is 6.10 Å². The third kappa shape index (κ3) is 5.65. The normalized spacial score (nSPS) is 12.9. The highest BCUT2D eigenvalue weighted by Crippen LogP contribution is 2.14. The first kappa shape index (κ1) is 16.0. The third-order valence-corrected chi connectivity index (χ3v) is 3.23. The van der Waals surface area contributed by atoms with E-state index in [1.165, 1.54) is 0 Å². The molecule has 0 radical (unpaired) electrons. The summed E-state index contributed by atoms with van der Waals surface area (Å²) in [6.45, 7) is 2.51. The molecule has 0 aliphatic carbocycles. The molecule has 0 aromatic heterocycles. The van der Waals surface area contributed by atoms with Crippen LogP contribution < -0.4 is 5.73 Å². The number of likely N-dealkylation sites (N-methyl/N-ethyl adjacent to an activating group) is 2. The van der Waals surface area contributed by atoms with E-state index >= 15 is 0 Å². The van der Waals surface area contributed by atoms with E-state index in [0.717, 1.165) is 24.2 Å². The summed E-state index contributed by atoms with van der Waals surface area (Å²) in [5.74, 6) is 0. The molecule has 4 nitrogen and oxygen atoms in total. The number of hydrogen-bond acceptors (Lipinski definition) is 4. The van der Waals surface area contributed by atoms with Gasteiger partial charge >= 0.3 is 0 Å². The molecule has 106 valence electrons. The summed E-state index contributed by atoms with van der Waals surface area (Å²) in [6.07, 6.45) is -0.493. The largest absolute Gasteiger partial charge is 0.389 e. The lowest BCUT2D eigenvalue weighted by Gasteiger charge is -2.22. The Hall–Kier alpha value is -1.01. The zero-order valence-corrected chi connectivity index (χ0v) is 12.7. The maximum atomic E-state index is 10.2. The van der Waals surface area contributed by atoms with Crippen LogP contribution in [0.3, 0.4) is 0 Å². The molecule has 0 bridgehead atoms.